The topological polar surface area (TPSA) is 24.1 Å². The van der Waals surface area contributed by atoms with Crippen molar-refractivity contribution in [1.82, 2.24) is 5.32 Å². The molecule has 1 aromatic rings. The van der Waals surface area contributed by atoms with Crippen LogP contribution >= 0.6 is 11.3 Å². The van der Waals surface area contributed by atoms with Crippen LogP contribution in [0.25, 0.3) is 0 Å². The van der Waals surface area contributed by atoms with E-state index in [1.807, 2.05) is 0 Å². The molecule has 15 heavy (non-hydrogen) atoms. The zero-order chi connectivity index (χ0) is 10.5. The lowest BCUT2D eigenvalue weighted by atomic mass is 10.0. The van der Waals surface area contributed by atoms with Gasteiger partial charge in [0.1, 0.15) is 0 Å². The van der Waals surface area contributed by atoms with Crippen LogP contribution in [0.4, 0.5) is 5.00 Å². The second-order valence-electron chi connectivity index (χ2n) is 4.30. The average Bonchev–Trinajstić information content (AvgIpc) is 2.66. The summed E-state index contributed by atoms with van der Waals surface area (Å²) in [6.07, 6.45) is 5.35. The smallest absolute Gasteiger partial charge is 0.0912 e. The first-order chi connectivity index (χ1) is 7.36. The Labute approximate surface area is 96.1 Å². The van der Waals surface area contributed by atoms with Crippen molar-refractivity contribution in [2.75, 3.05) is 18.4 Å². The van der Waals surface area contributed by atoms with E-state index in [2.05, 4.69) is 29.0 Å². The summed E-state index contributed by atoms with van der Waals surface area (Å²) in [6, 6.07) is 2.91. The maximum Gasteiger partial charge on any atom is 0.0912 e. The second kappa shape index (κ2) is 5.52. The maximum absolute atomic E-state index is 3.58. The van der Waals surface area contributed by atoms with Gasteiger partial charge in [0.15, 0.2) is 0 Å². The van der Waals surface area contributed by atoms with Gasteiger partial charge < -0.3 is 10.6 Å². The number of piperidine rings is 1. The van der Waals surface area contributed by atoms with Crippen LogP contribution in [0.2, 0.25) is 0 Å². The zero-order valence-corrected chi connectivity index (χ0v) is 10.2. The Bertz CT molecular complexity index is 290. The fraction of sp³-hybridized carbons (Fsp3) is 0.667. The summed E-state index contributed by atoms with van der Waals surface area (Å²) in [5.41, 5.74) is 1.37. The Morgan fingerprint density at radius 2 is 2.47 bits per heavy atom. The third-order valence-electron chi connectivity index (χ3n) is 3.05. The van der Waals surface area contributed by atoms with Crippen molar-refractivity contribution < 1.29 is 0 Å². The molecule has 0 aliphatic carbocycles. The molecule has 1 unspecified atom stereocenters. The van der Waals surface area contributed by atoms with Crippen LogP contribution < -0.4 is 10.6 Å². The number of hydrogen-bond acceptors (Lipinski definition) is 3. The van der Waals surface area contributed by atoms with E-state index >= 15 is 0 Å². The van der Waals surface area contributed by atoms with Gasteiger partial charge in [-0.1, -0.05) is 6.42 Å². The summed E-state index contributed by atoms with van der Waals surface area (Å²) < 4.78 is 0. The Morgan fingerprint density at radius 3 is 3.13 bits per heavy atom. The predicted molar refractivity (Wildman–Crippen MR) is 67.8 cm³/mol. The number of thiophene rings is 1. The molecule has 2 N–H and O–H groups in total. The lowest BCUT2D eigenvalue weighted by Crippen LogP contribution is -2.35. The highest BCUT2D eigenvalue weighted by Gasteiger charge is 2.11. The Balaban J connectivity index is 1.68. The summed E-state index contributed by atoms with van der Waals surface area (Å²) in [6.45, 7) is 4.47. The Morgan fingerprint density at radius 1 is 1.53 bits per heavy atom. The Kier molecular flexibility index (Phi) is 4.03. The first-order valence-electron chi connectivity index (χ1n) is 5.87. The molecule has 0 radical (unpaired) electrons. The van der Waals surface area contributed by atoms with Gasteiger partial charge in [0, 0.05) is 12.6 Å². The molecule has 1 aromatic heterocycles. The van der Waals surface area contributed by atoms with E-state index in [1.165, 1.54) is 42.8 Å². The summed E-state index contributed by atoms with van der Waals surface area (Å²) in [5, 5.41) is 10.6. The quantitative estimate of drug-likeness (QED) is 0.821. The summed E-state index contributed by atoms with van der Waals surface area (Å²) in [7, 11) is 0. The minimum Gasteiger partial charge on any atom is -0.377 e. The lowest BCUT2D eigenvalue weighted by molar-refractivity contribution is 0.389. The molecule has 2 nitrogen and oxygen atoms in total. The molecule has 2 heterocycles. The Hall–Kier alpha value is -0.540. The van der Waals surface area contributed by atoms with Crippen LogP contribution in [-0.4, -0.2) is 19.1 Å². The van der Waals surface area contributed by atoms with E-state index in [9.17, 15) is 0 Å². The van der Waals surface area contributed by atoms with E-state index in [1.54, 1.807) is 11.3 Å². The van der Waals surface area contributed by atoms with Gasteiger partial charge in [-0.15, -0.1) is 11.3 Å². The molecule has 84 valence electrons. The molecule has 1 fully saturated rings. The minimum atomic E-state index is 0.742. The molecule has 0 amide bonds. The fourth-order valence-electron chi connectivity index (χ4n) is 2.08. The van der Waals surface area contributed by atoms with E-state index in [0.29, 0.717) is 0 Å². The van der Waals surface area contributed by atoms with E-state index < -0.39 is 0 Å². The molecule has 2 rings (SSSR count). The molecule has 1 aliphatic heterocycles. The molecule has 3 heteroatoms. The second-order valence-corrected chi connectivity index (χ2v) is 5.21. The van der Waals surface area contributed by atoms with Gasteiger partial charge in [-0.05, 0) is 49.7 Å². The van der Waals surface area contributed by atoms with Crippen molar-refractivity contribution in [3.8, 4) is 0 Å². The third kappa shape index (κ3) is 3.21. The highest BCUT2D eigenvalue weighted by atomic mass is 32.1. The average molecular weight is 224 g/mol. The lowest BCUT2D eigenvalue weighted by Gasteiger charge is -2.23. The first-order valence-corrected chi connectivity index (χ1v) is 6.75. The number of anilines is 1. The van der Waals surface area contributed by atoms with Crippen LogP contribution in [0, 0.1) is 6.92 Å². The number of hydrogen-bond donors (Lipinski definition) is 2. The normalized spacial score (nSPS) is 21.5. The zero-order valence-electron chi connectivity index (χ0n) is 9.38. The van der Waals surface area contributed by atoms with Crippen LogP contribution in [0.5, 0.6) is 0 Å². The van der Waals surface area contributed by atoms with Crippen molar-refractivity contribution in [3.05, 3.63) is 17.0 Å². The maximum atomic E-state index is 3.58. The minimum absolute atomic E-state index is 0.742. The molecule has 0 aromatic carbocycles. The molecular weight excluding hydrogens is 204 g/mol. The standard InChI is InChI=1S/C12H20N2S/c1-10-6-9-15-12(10)14-8-5-11-4-2-3-7-13-11/h6,9,11,13-14H,2-5,7-8H2,1H3. The fourth-order valence-corrected chi connectivity index (χ4v) is 2.93. The summed E-state index contributed by atoms with van der Waals surface area (Å²) in [5.74, 6) is 0. The monoisotopic (exact) mass is 224 g/mol. The first kappa shape index (κ1) is 11.0. The van der Waals surface area contributed by atoms with Crippen molar-refractivity contribution in [3.63, 3.8) is 0 Å². The van der Waals surface area contributed by atoms with Crippen LogP contribution in [0.15, 0.2) is 11.4 Å². The van der Waals surface area contributed by atoms with Crippen LogP contribution in [0.3, 0.4) is 0 Å². The molecule has 0 spiro atoms. The highest BCUT2D eigenvalue weighted by molar-refractivity contribution is 7.14. The van der Waals surface area contributed by atoms with Crippen LogP contribution in [-0.2, 0) is 0 Å². The van der Waals surface area contributed by atoms with Crippen LogP contribution in [0.1, 0.15) is 31.2 Å². The van der Waals surface area contributed by atoms with Crippen molar-refractivity contribution in [1.29, 1.82) is 0 Å². The molecular formula is C12H20N2S. The highest BCUT2D eigenvalue weighted by Crippen LogP contribution is 2.21. The van der Waals surface area contributed by atoms with E-state index in [-0.39, 0.29) is 0 Å². The SMILES string of the molecule is Cc1ccsc1NCCC1CCCCN1. The number of aryl methyl sites for hydroxylation is 1. The van der Waals surface area contributed by atoms with Crippen molar-refractivity contribution in [2.24, 2.45) is 0 Å². The van der Waals surface area contributed by atoms with Gasteiger partial charge in [0.05, 0.1) is 5.00 Å². The van der Waals surface area contributed by atoms with Crippen molar-refractivity contribution in [2.45, 2.75) is 38.6 Å². The van der Waals surface area contributed by atoms with Gasteiger partial charge in [0.2, 0.25) is 0 Å². The van der Waals surface area contributed by atoms with Gasteiger partial charge in [-0.2, -0.15) is 0 Å². The van der Waals surface area contributed by atoms with Gasteiger partial charge in [-0.3, -0.25) is 0 Å². The molecule has 1 aliphatic rings. The molecule has 1 saturated heterocycles. The predicted octanol–water partition coefficient (Wildman–Crippen LogP) is 3.00. The summed E-state index contributed by atoms with van der Waals surface area (Å²) in [4.78, 5) is 0. The number of rotatable bonds is 4. The molecule has 0 saturated carbocycles. The van der Waals surface area contributed by atoms with Gasteiger partial charge in [-0.25, -0.2) is 0 Å². The molecule has 1 atom stereocenters. The van der Waals surface area contributed by atoms with E-state index in [0.717, 1.165) is 12.6 Å². The van der Waals surface area contributed by atoms with Crippen molar-refractivity contribution >= 4 is 16.3 Å². The van der Waals surface area contributed by atoms with E-state index in [4.69, 9.17) is 0 Å². The van der Waals surface area contributed by atoms with Gasteiger partial charge in [0.25, 0.3) is 0 Å². The molecule has 0 bridgehead atoms. The number of nitrogens with one attached hydrogen (secondary N) is 2. The third-order valence-corrected chi connectivity index (χ3v) is 4.03. The summed E-state index contributed by atoms with van der Waals surface area (Å²) >= 11 is 1.80. The largest absolute Gasteiger partial charge is 0.377 e. The van der Waals surface area contributed by atoms with Gasteiger partial charge >= 0.3 is 0 Å².